The van der Waals surface area contributed by atoms with Gasteiger partial charge < -0.3 is 15.2 Å². The molecule has 1 saturated carbocycles. The number of benzene rings is 2. The van der Waals surface area contributed by atoms with Crippen molar-refractivity contribution in [3.63, 3.8) is 0 Å². The molecule has 0 amide bonds. The van der Waals surface area contributed by atoms with Crippen LogP contribution in [0.2, 0.25) is 0 Å². The standard InChI is InChI=1S/C30H34N4O2/c1-31-19-24(35)20-36-25-11-5-10-22(17-25)30-33-23(16-21-8-3-2-4-9-21)18-29(34-30)27-12-6-14-28-26(27)13-7-15-32-28/h5-7,10-15,17-18,21,24,31,35H,2-4,8-9,16,19-20H2,1H3. The zero-order valence-corrected chi connectivity index (χ0v) is 20.9. The van der Waals surface area contributed by atoms with Crippen LogP contribution in [-0.4, -0.2) is 46.4 Å². The van der Waals surface area contributed by atoms with E-state index in [1.165, 1.54) is 32.1 Å². The van der Waals surface area contributed by atoms with Crippen molar-refractivity contribution >= 4 is 10.9 Å². The van der Waals surface area contributed by atoms with Crippen molar-refractivity contribution in [3.05, 3.63) is 72.6 Å². The number of hydrogen-bond acceptors (Lipinski definition) is 6. The Balaban J connectivity index is 1.52. The number of aromatic nitrogens is 3. The molecule has 2 aromatic carbocycles. The van der Waals surface area contributed by atoms with Crippen molar-refractivity contribution in [1.29, 1.82) is 0 Å². The zero-order chi connectivity index (χ0) is 24.7. The van der Waals surface area contributed by atoms with Crippen LogP contribution in [0.5, 0.6) is 5.75 Å². The molecule has 0 bridgehead atoms. The fourth-order valence-corrected chi connectivity index (χ4v) is 5.09. The summed E-state index contributed by atoms with van der Waals surface area (Å²) in [6, 6.07) is 20.3. The van der Waals surface area contributed by atoms with Crippen molar-refractivity contribution < 1.29 is 9.84 Å². The van der Waals surface area contributed by atoms with Crippen LogP contribution < -0.4 is 10.1 Å². The number of nitrogens with zero attached hydrogens (tertiary/aromatic N) is 3. The van der Waals surface area contributed by atoms with Crippen molar-refractivity contribution in [2.24, 2.45) is 5.92 Å². The van der Waals surface area contributed by atoms with Crippen LogP contribution >= 0.6 is 0 Å². The van der Waals surface area contributed by atoms with E-state index < -0.39 is 6.10 Å². The molecular weight excluding hydrogens is 448 g/mol. The third-order valence-electron chi connectivity index (χ3n) is 6.90. The lowest BCUT2D eigenvalue weighted by Gasteiger charge is -2.21. The predicted octanol–water partition coefficient (Wildman–Crippen LogP) is 5.44. The van der Waals surface area contributed by atoms with Crippen LogP contribution in [0, 0.1) is 5.92 Å². The lowest BCUT2D eigenvalue weighted by Crippen LogP contribution is -2.29. The van der Waals surface area contributed by atoms with Gasteiger partial charge in [-0.05, 0) is 49.7 Å². The Labute approximate surface area is 212 Å². The van der Waals surface area contributed by atoms with E-state index in [4.69, 9.17) is 14.7 Å². The summed E-state index contributed by atoms with van der Waals surface area (Å²) in [7, 11) is 1.81. The summed E-state index contributed by atoms with van der Waals surface area (Å²) >= 11 is 0. The normalized spacial score (nSPS) is 15.2. The average Bonchev–Trinajstić information content (AvgIpc) is 2.92. The van der Waals surface area contributed by atoms with Crippen molar-refractivity contribution in [2.45, 2.75) is 44.6 Å². The van der Waals surface area contributed by atoms with Gasteiger partial charge in [-0.1, -0.05) is 62.4 Å². The van der Waals surface area contributed by atoms with Gasteiger partial charge >= 0.3 is 0 Å². The Kier molecular flexibility index (Phi) is 7.84. The first-order chi connectivity index (χ1) is 17.7. The molecule has 186 valence electrons. The summed E-state index contributed by atoms with van der Waals surface area (Å²) in [5.41, 5.74) is 4.93. The lowest BCUT2D eigenvalue weighted by atomic mass is 9.86. The maximum Gasteiger partial charge on any atom is 0.160 e. The first-order valence-electron chi connectivity index (χ1n) is 13.0. The molecule has 2 aromatic heterocycles. The summed E-state index contributed by atoms with van der Waals surface area (Å²) in [4.78, 5) is 14.6. The van der Waals surface area contributed by atoms with Crippen molar-refractivity contribution in [2.75, 3.05) is 20.2 Å². The van der Waals surface area contributed by atoms with Crippen LogP contribution in [0.1, 0.15) is 37.8 Å². The number of pyridine rings is 1. The summed E-state index contributed by atoms with van der Waals surface area (Å²) in [5, 5.41) is 14.1. The molecule has 1 aliphatic carbocycles. The highest BCUT2D eigenvalue weighted by Gasteiger charge is 2.18. The Hall–Kier alpha value is -3.35. The first kappa shape index (κ1) is 24.3. The molecule has 1 aliphatic rings. The number of fused-ring (bicyclic) bond motifs is 1. The number of aliphatic hydroxyl groups excluding tert-OH is 1. The number of aliphatic hydroxyl groups is 1. The molecule has 4 aromatic rings. The third kappa shape index (κ3) is 5.89. The van der Waals surface area contributed by atoms with Crippen LogP contribution in [0.25, 0.3) is 33.5 Å². The van der Waals surface area contributed by atoms with Crippen LogP contribution in [0.3, 0.4) is 0 Å². The molecular formula is C30H34N4O2. The van der Waals surface area contributed by atoms with Crippen LogP contribution in [-0.2, 0) is 6.42 Å². The third-order valence-corrected chi connectivity index (χ3v) is 6.90. The molecule has 36 heavy (non-hydrogen) atoms. The summed E-state index contributed by atoms with van der Waals surface area (Å²) < 4.78 is 5.85. The maximum atomic E-state index is 10.0. The average molecular weight is 483 g/mol. The fraction of sp³-hybridized carbons (Fsp3) is 0.367. The van der Waals surface area contributed by atoms with E-state index in [2.05, 4.69) is 28.5 Å². The number of hydrogen-bond donors (Lipinski definition) is 2. The van der Waals surface area contributed by atoms with Gasteiger partial charge in [0, 0.05) is 34.9 Å². The minimum Gasteiger partial charge on any atom is -0.491 e. The predicted molar refractivity (Wildman–Crippen MR) is 144 cm³/mol. The van der Waals surface area contributed by atoms with Gasteiger partial charge in [-0.25, -0.2) is 9.97 Å². The molecule has 0 saturated heterocycles. The van der Waals surface area contributed by atoms with Crippen molar-refractivity contribution in [3.8, 4) is 28.4 Å². The molecule has 6 heteroatoms. The highest BCUT2D eigenvalue weighted by Crippen LogP contribution is 2.32. The second-order valence-corrected chi connectivity index (χ2v) is 9.70. The van der Waals surface area contributed by atoms with Gasteiger partial charge in [0.2, 0.25) is 0 Å². The molecule has 1 atom stereocenters. The molecule has 0 radical (unpaired) electrons. The molecule has 1 unspecified atom stereocenters. The second kappa shape index (κ2) is 11.6. The van der Waals surface area contributed by atoms with Gasteiger partial charge in [0.15, 0.2) is 5.82 Å². The van der Waals surface area contributed by atoms with E-state index in [1.807, 2.05) is 55.7 Å². The maximum absolute atomic E-state index is 10.0. The van der Waals surface area contributed by atoms with Gasteiger partial charge in [0.1, 0.15) is 18.5 Å². The Morgan fingerprint density at radius 2 is 1.86 bits per heavy atom. The zero-order valence-electron chi connectivity index (χ0n) is 20.9. The Morgan fingerprint density at radius 3 is 2.72 bits per heavy atom. The highest BCUT2D eigenvalue weighted by atomic mass is 16.5. The van der Waals surface area contributed by atoms with Crippen LogP contribution in [0.15, 0.2) is 66.9 Å². The van der Waals surface area contributed by atoms with Gasteiger partial charge in [0.25, 0.3) is 0 Å². The number of nitrogens with one attached hydrogen (secondary N) is 1. The van der Waals surface area contributed by atoms with E-state index in [0.717, 1.165) is 39.8 Å². The summed E-state index contributed by atoms with van der Waals surface area (Å²) in [5.74, 6) is 2.06. The smallest absolute Gasteiger partial charge is 0.160 e. The highest BCUT2D eigenvalue weighted by molar-refractivity contribution is 5.93. The number of ether oxygens (including phenoxy) is 1. The molecule has 6 nitrogen and oxygen atoms in total. The van der Waals surface area contributed by atoms with Gasteiger partial charge in [0.05, 0.1) is 11.2 Å². The topological polar surface area (TPSA) is 80.2 Å². The van der Waals surface area contributed by atoms with Crippen LogP contribution in [0.4, 0.5) is 0 Å². The molecule has 0 spiro atoms. The van der Waals surface area contributed by atoms with Crippen molar-refractivity contribution in [1.82, 2.24) is 20.3 Å². The molecule has 1 fully saturated rings. The molecule has 2 N–H and O–H groups in total. The monoisotopic (exact) mass is 482 g/mol. The van der Waals surface area contributed by atoms with E-state index in [0.29, 0.717) is 24.0 Å². The van der Waals surface area contributed by atoms with Gasteiger partial charge in [-0.15, -0.1) is 0 Å². The van der Waals surface area contributed by atoms with E-state index >= 15 is 0 Å². The minimum absolute atomic E-state index is 0.223. The Morgan fingerprint density at radius 1 is 1.00 bits per heavy atom. The van der Waals surface area contributed by atoms with E-state index in [1.54, 1.807) is 0 Å². The molecule has 5 rings (SSSR count). The van der Waals surface area contributed by atoms with Gasteiger partial charge in [-0.2, -0.15) is 0 Å². The molecule has 0 aliphatic heterocycles. The van der Waals surface area contributed by atoms with E-state index in [9.17, 15) is 5.11 Å². The SMILES string of the molecule is CNCC(O)COc1cccc(-c2nc(CC3CCCCC3)cc(-c3cccc4ncccc34)n2)c1. The first-order valence-corrected chi connectivity index (χ1v) is 13.0. The minimum atomic E-state index is -0.569. The number of likely N-dealkylation sites (N-methyl/N-ethyl adjacent to an activating group) is 1. The van der Waals surface area contributed by atoms with E-state index in [-0.39, 0.29) is 6.61 Å². The summed E-state index contributed by atoms with van der Waals surface area (Å²) in [6.07, 6.45) is 8.72. The quantitative estimate of drug-likeness (QED) is 0.331. The molecule has 2 heterocycles. The number of rotatable bonds is 9. The summed E-state index contributed by atoms with van der Waals surface area (Å²) in [6.45, 7) is 0.705. The fourth-order valence-electron chi connectivity index (χ4n) is 5.09. The lowest BCUT2D eigenvalue weighted by molar-refractivity contribution is 0.108. The second-order valence-electron chi connectivity index (χ2n) is 9.70. The van der Waals surface area contributed by atoms with Gasteiger partial charge in [-0.3, -0.25) is 4.98 Å². The largest absolute Gasteiger partial charge is 0.491 e. The Bertz CT molecular complexity index is 1300.